The molecular formula is C36H23K3N8O11S3. The minimum atomic E-state index is -5.23. The molecule has 0 radical (unpaired) electrons. The van der Waals surface area contributed by atoms with Crippen molar-refractivity contribution >= 4 is 108 Å². The second-order valence-corrected chi connectivity index (χ2v) is 16.5. The molecule has 0 bridgehead atoms. The van der Waals surface area contributed by atoms with E-state index in [0.29, 0.717) is 16.8 Å². The average Bonchev–Trinajstić information content (AvgIpc) is 3.16. The van der Waals surface area contributed by atoms with Crippen molar-refractivity contribution in [2.24, 2.45) is 30.7 Å². The maximum absolute atomic E-state index is 12.3. The van der Waals surface area contributed by atoms with Gasteiger partial charge in [-0.2, -0.15) is 15.3 Å². The Hall–Kier alpha value is -2.04. The molecule has 0 aromatic heterocycles. The Morgan fingerprint density at radius 3 is 1.44 bits per heavy atom. The Morgan fingerprint density at radius 2 is 0.918 bits per heavy atom. The zero-order chi connectivity index (χ0) is 41.7. The molecule has 294 valence electrons. The molecule has 0 unspecified atom stereocenters. The first kappa shape index (κ1) is 51.6. The SMILES string of the molecule is Nc1ccc2cc(S(=O)(=O)[O-])c(N=Nc3ccc4cc(S(=O)(=O)[O-])c(N=Nc5ccc(N=Nc6ccc(N)c7cc(S(=O)(=O)[O-])ccc67)cc5)c(O)c4c3)c(O)c2c1.[K+].[K+].[K+]. The molecule has 0 heterocycles. The Balaban J connectivity index is 0.00000273. The van der Waals surface area contributed by atoms with Gasteiger partial charge in [0.25, 0.3) is 0 Å². The van der Waals surface area contributed by atoms with Crippen LogP contribution in [0.1, 0.15) is 0 Å². The van der Waals surface area contributed by atoms with Crippen molar-refractivity contribution in [3.63, 3.8) is 0 Å². The van der Waals surface area contributed by atoms with Gasteiger partial charge in [-0.15, -0.1) is 15.3 Å². The van der Waals surface area contributed by atoms with Crippen LogP contribution in [0.15, 0.2) is 149 Å². The summed E-state index contributed by atoms with van der Waals surface area (Å²) in [7, 11) is -15.1. The minimum absolute atomic E-state index is 0. The van der Waals surface area contributed by atoms with Gasteiger partial charge in [0.1, 0.15) is 41.7 Å². The van der Waals surface area contributed by atoms with Crippen LogP contribution in [0.5, 0.6) is 11.5 Å². The molecule has 0 aliphatic rings. The number of aromatic hydroxyl groups is 2. The van der Waals surface area contributed by atoms with Gasteiger partial charge in [-0.3, -0.25) is 0 Å². The Kier molecular flexibility index (Phi) is 17.3. The standard InChI is InChI=1S/C36H26N8O11S3.3K/c37-20-3-1-18-13-31(57(50,51)52)33(35(45)26(18)15-20)44-41-23-4-2-19-14-32(58(53,54)55)34(36(46)27(19)16-23)43-40-22-7-5-21(6-8-22)39-42-30-12-11-29(38)28-17-24(56(47,48)49)9-10-25(28)30;;;/h1-17,45-46H,37-38H2,(H,47,48,49)(H,50,51,52)(H,53,54,55);;;/q;3*+1/p-3. The number of phenolic OH excluding ortho intramolecular Hbond substituents is 2. The fourth-order valence-corrected chi connectivity index (χ4v) is 7.60. The summed E-state index contributed by atoms with van der Waals surface area (Å²) in [6.45, 7) is 0. The van der Waals surface area contributed by atoms with E-state index in [0.717, 1.165) is 24.3 Å². The summed E-state index contributed by atoms with van der Waals surface area (Å²) >= 11 is 0. The number of nitrogens with two attached hydrogens (primary N) is 2. The van der Waals surface area contributed by atoms with E-state index in [-0.39, 0.29) is 204 Å². The molecule has 0 saturated heterocycles. The van der Waals surface area contributed by atoms with Crippen molar-refractivity contribution < 1.29 is 203 Å². The van der Waals surface area contributed by atoms with Crippen LogP contribution >= 0.6 is 0 Å². The summed E-state index contributed by atoms with van der Waals surface area (Å²) in [6.07, 6.45) is 0. The number of fused-ring (bicyclic) bond motifs is 3. The summed E-state index contributed by atoms with van der Waals surface area (Å²) in [6, 6.07) is 22.3. The van der Waals surface area contributed by atoms with E-state index in [9.17, 15) is 49.1 Å². The third-order valence-electron chi connectivity index (χ3n) is 8.59. The Morgan fingerprint density at radius 1 is 0.443 bits per heavy atom. The largest absolute Gasteiger partial charge is 1.00 e. The van der Waals surface area contributed by atoms with Crippen molar-refractivity contribution in [3.8, 4) is 11.5 Å². The van der Waals surface area contributed by atoms with E-state index in [4.69, 9.17) is 11.5 Å². The van der Waals surface area contributed by atoms with E-state index in [1.807, 2.05) is 0 Å². The normalized spacial score (nSPS) is 12.2. The van der Waals surface area contributed by atoms with E-state index in [1.54, 1.807) is 6.07 Å². The molecule has 0 aliphatic heterocycles. The van der Waals surface area contributed by atoms with Crippen LogP contribution in [0.3, 0.4) is 0 Å². The van der Waals surface area contributed by atoms with Crippen molar-refractivity contribution in [2.45, 2.75) is 14.7 Å². The van der Waals surface area contributed by atoms with Gasteiger partial charge in [-0.05, 0) is 95.7 Å². The number of benzene rings is 7. The predicted octanol–water partition coefficient (Wildman–Crippen LogP) is -1.31. The molecule has 0 fully saturated rings. The van der Waals surface area contributed by atoms with Crippen LogP contribution in [0.25, 0.3) is 32.3 Å². The number of rotatable bonds is 9. The van der Waals surface area contributed by atoms with Gasteiger partial charge in [0.05, 0.1) is 37.4 Å². The molecule has 0 aliphatic carbocycles. The first-order chi connectivity index (χ1) is 27.3. The molecule has 7 aromatic carbocycles. The Labute approximate surface area is 474 Å². The quantitative estimate of drug-likeness (QED) is 0.0566. The maximum Gasteiger partial charge on any atom is 1.00 e. The number of nitrogen functional groups attached to an aromatic ring is 2. The van der Waals surface area contributed by atoms with Crippen LogP contribution in [0.2, 0.25) is 0 Å². The van der Waals surface area contributed by atoms with Gasteiger partial charge in [-0.1, -0.05) is 18.2 Å². The van der Waals surface area contributed by atoms with E-state index >= 15 is 0 Å². The van der Waals surface area contributed by atoms with Crippen LogP contribution in [-0.2, 0) is 30.4 Å². The smallest absolute Gasteiger partial charge is 0.744 e. The summed E-state index contributed by atoms with van der Waals surface area (Å²) in [4.78, 5) is -2.23. The molecule has 19 nitrogen and oxygen atoms in total. The van der Waals surface area contributed by atoms with Crippen LogP contribution in [-0.4, -0.2) is 49.1 Å². The molecule has 0 amide bonds. The minimum Gasteiger partial charge on any atom is -0.744 e. The zero-order valence-electron chi connectivity index (χ0n) is 31.9. The van der Waals surface area contributed by atoms with Crippen LogP contribution in [0.4, 0.5) is 45.5 Å². The second-order valence-electron chi connectivity index (χ2n) is 12.4. The van der Waals surface area contributed by atoms with Crippen molar-refractivity contribution in [1.29, 1.82) is 0 Å². The van der Waals surface area contributed by atoms with E-state index < -0.39 is 67.9 Å². The molecule has 7 aromatic rings. The summed E-state index contributed by atoms with van der Waals surface area (Å²) in [5.41, 5.74) is 11.5. The average molecular weight is 957 g/mol. The Bertz CT molecular complexity index is 3320. The molecule has 25 heteroatoms. The maximum atomic E-state index is 12.3. The molecule has 61 heavy (non-hydrogen) atoms. The number of hydrogen-bond acceptors (Lipinski definition) is 19. The number of phenols is 2. The number of nitrogens with zero attached hydrogens (tertiary/aromatic N) is 6. The van der Waals surface area contributed by atoms with Crippen molar-refractivity contribution in [3.05, 3.63) is 103 Å². The zero-order valence-corrected chi connectivity index (χ0v) is 43.8. The van der Waals surface area contributed by atoms with Crippen molar-refractivity contribution in [1.82, 2.24) is 0 Å². The number of azo groups is 3. The van der Waals surface area contributed by atoms with Gasteiger partial charge in [-0.25, -0.2) is 25.3 Å². The topological polar surface area (TPSA) is 338 Å². The van der Waals surface area contributed by atoms with E-state index in [1.165, 1.54) is 72.8 Å². The fourth-order valence-electron chi connectivity index (χ4n) is 5.81. The van der Waals surface area contributed by atoms with Crippen LogP contribution < -0.4 is 166 Å². The molecule has 0 atom stereocenters. The molecule has 6 N–H and O–H groups in total. The summed E-state index contributed by atoms with van der Waals surface area (Å²) in [5, 5.41) is 46.9. The predicted molar refractivity (Wildman–Crippen MR) is 207 cm³/mol. The molecular weight excluding hydrogens is 934 g/mol. The van der Waals surface area contributed by atoms with Gasteiger partial charge < -0.3 is 35.3 Å². The third kappa shape index (κ3) is 11.6. The molecule has 7 rings (SSSR count). The number of anilines is 2. The van der Waals surface area contributed by atoms with Crippen LogP contribution in [0, 0.1) is 0 Å². The van der Waals surface area contributed by atoms with Crippen molar-refractivity contribution in [2.75, 3.05) is 11.5 Å². The first-order valence-corrected chi connectivity index (χ1v) is 20.4. The van der Waals surface area contributed by atoms with Gasteiger partial charge in [0.15, 0.2) is 11.5 Å². The molecule has 0 spiro atoms. The second kappa shape index (κ2) is 20.4. The van der Waals surface area contributed by atoms with Gasteiger partial charge >= 0.3 is 154 Å². The van der Waals surface area contributed by atoms with Gasteiger partial charge in [0, 0.05) is 32.9 Å². The summed E-state index contributed by atoms with van der Waals surface area (Å²) < 4.78 is 107. The first-order valence-electron chi connectivity index (χ1n) is 16.2. The number of hydrogen-bond donors (Lipinski definition) is 4. The molecule has 0 saturated carbocycles. The van der Waals surface area contributed by atoms with E-state index in [2.05, 4.69) is 30.7 Å². The third-order valence-corrected chi connectivity index (χ3v) is 11.1. The van der Waals surface area contributed by atoms with Gasteiger partial charge in [0.2, 0.25) is 0 Å². The summed E-state index contributed by atoms with van der Waals surface area (Å²) in [5.74, 6) is -1.48. The fraction of sp³-hybridized carbons (Fsp3) is 0. The monoisotopic (exact) mass is 956 g/mol.